The summed E-state index contributed by atoms with van der Waals surface area (Å²) in [5.74, 6) is -0.344. The van der Waals surface area contributed by atoms with Gasteiger partial charge in [-0.05, 0) is 48.6 Å². The lowest BCUT2D eigenvalue weighted by atomic mass is 10.00. The molecule has 2 aromatic rings. The van der Waals surface area contributed by atoms with E-state index in [0.717, 1.165) is 31.4 Å². The standard InChI is InChI=1S/C23H27ClN2O4/c1-30-22(27)21-5-3-2-4-18(21)16-26(13-10-17-6-8-19(24)9-7-17)20-11-14-25(15-12-20)23(28)29/h2-9,20H,10-16H2,1H3,(H,28,29). The molecule has 0 aliphatic carbocycles. The minimum atomic E-state index is -0.864. The van der Waals surface area contributed by atoms with Crippen LogP contribution in [-0.4, -0.2) is 59.8 Å². The summed E-state index contributed by atoms with van der Waals surface area (Å²) < 4.78 is 4.94. The van der Waals surface area contributed by atoms with Gasteiger partial charge < -0.3 is 14.7 Å². The van der Waals surface area contributed by atoms with Crippen molar-refractivity contribution in [1.29, 1.82) is 0 Å². The number of esters is 1. The molecule has 0 bridgehead atoms. The predicted octanol–water partition coefficient (Wildman–Crippen LogP) is 4.31. The first-order valence-corrected chi connectivity index (χ1v) is 10.5. The van der Waals surface area contributed by atoms with Crippen molar-refractivity contribution < 1.29 is 19.4 Å². The van der Waals surface area contributed by atoms with Gasteiger partial charge in [0.15, 0.2) is 0 Å². The number of ether oxygens (including phenoxy) is 1. The average molecular weight is 431 g/mol. The molecule has 160 valence electrons. The molecule has 2 aromatic carbocycles. The Kier molecular flexibility index (Phi) is 7.71. The lowest BCUT2D eigenvalue weighted by molar-refractivity contribution is 0.0594. The van der Waals surface area contributed by atoms with E-state index in [1.807, 2.05) is 42.5 Å². The van der Waals surface area contributed by atoms with Gasteiger partial charge in [0, 0.05) is 37.2 Å². The maximum atomic E-state index is 12.2. The minimum Gasteiger partial charge on any atom is -0.465 e. The summed E-state index contributed by atoms with van der Waals surface area (Å²) in [7, 11) is 1.39. The van der Waals surface area contributed by atoms with Crippen LogP contribution in [-0.2, 0) is 17.7 Å². The van der Waals surface area contributed by atoms with Crippen molar-refractivity contribution in [2.45, 2.75) is 31.8 Å². The number of rotatable bonds is 7. The van der Waals surface area contributed by atoms with Gasteiger partial charge in [0.1, 0.15) is 0 Å². The number of carbonyl (C=O) groups excluding carboxylic acids is 1. The van der Waals surface area contributed by atoms with E-state index in [9.17, 15) is 14.7 Å². The van der Waals surface area contributed by atoms with Gasteiger partial charge in [-0.25, -0.2) is 9.59 Å². The maximum absolute atomic E-state index is 12.2. The zero-order valence-corrected chi connectivity index (χ0v) is 17.8. The van der Waals surface area contributed by atoms with E-state index in [0.29, 0.717) is 30.2 Å². The third kappa shape index (κ3) is 5.74. The van der Waals surface area contributed by atoms with Crippen LogP contribution in [0.15, 0.2) is 48.5 Å². The quantitative estimate of drug-likeness (QED) is 0.662. The Balaban J connectivity index is 1.76. The van der Waals surface area contributed by atoms with Crippen molar-refractivity contribution in [3.63, 3.8) is 0 Å². The number of amides is 1. The monoisotopic (exact) mass is 430 g/mol. The number of nitrogens with zero attached hydrogens (tertiary/aromatic N) is 2. The van der Waals surface area contributed by atoms with Crippen molar-refractivity contribution in [3.8, 4) is 0 Å². The van der Waals surface area contributed by atoms with E-state index in [1.54, 1.807) is 6.07 Å². The van der Waals surface area contributed by atoms with Crippen LogP contribution in [0.1, 0.15) is 34.3 Å². The second-order valence-corrected chi connectivity index (χ2v) is 7.93. The fourth-order valence-electron chi connectivity index (χ4n) is 3.92. The summed E-state index contributed by atoms with van der Waals surface area (Å²) in [4.78, 5) is 27.3. The molecule has 1 amide bonds. The Morgan fingerprint density at radius 2 is 1.80 bits per heavy atom. The number of likely N-dealkylation sites (tertiary alicyclic amines) is 1. The molecule has 0 radical (unpaired) electrons. The molecular weight excluding hydrogens is 404 g/mol. The van der Waals surface area contributed by atoms with Crippen LogP contribution in [0.3, 0.4) is 0 Å². The van der Waals surface area contributed by atoms with Crippen LogP contribution in [0.2, 0.25) is 5.02 Å². The number of hydrogen-bond acceptors (Lipinski definition) is 4. The van der Waals surface area contributed by atoms with E-state index in [-0.39, 0.29) is 12.0 Å². The molecule has 1 heterocycles. The number of methoxy groups -OCH3 is 1. The topological polar surface area (TPSA) is 70.1 Å². The van der Waals surface area contributed by atoms with Crippen LogP contribution in [0.5, 0.6) is 0 Å². The fourth-order valence-corrected chi connectivity index (χ4v) is 4.05. The molecule has 7 heteroatoms. The molecule has 1 aliphatic heterocycles. The number of carboxylic acid groups (broad SMARTS) is 1. The van der Waals surface area contributed by atoms with Gasteiger partial charge in [0.2, 0.25) is 0 Å². The smallest absolute Gasteiger partial charge is 0.407 e. The molecule has 1 N–H and O–H groups in total. The molecule has 30 heavy (non-hydrogen) atoms. The van der Waals surface area contributed by atoms with E-state index < -0.39 is 6.09 Å². The van der Waals surface area contributed by atoms with Crippen molar-refractivity contribution in [1.82, 2.24) is 9.80 Å². The Morgan fingerprint density at radius 3 is 2.43 bits per heavy atom. The second-order valence-electron chi connectivity index (χ2n) is 7.50. The number of benzene rings is 2. The highest BCUT2D eigenvalue weighted by molar-refractivity contribution is 6.30. The van der Waals surface area contributed by atoms with Gasteiger partial charge in [-0.1, -0.05) is 41.9 Å². The zero-order valence-electron chi connectivity index (χ0n) is 17.1. The Hall–Kier alpha value is -2.57. The molecule has 0 unspecified atom stereocenters. The van der Waals surface area contributed by atoms with E-state index in [2.05, 4.69) is 4.90 Å². The summed E-state index contributed by atoms with van der Waals surface area (Å²) >= 11 is 6.00. The van der Waals surface area contributed by atoms with Gasteiger partial charge in [-0.3, -0.25) is 4.90 Å². The number of halogens is 1. The van der Waals surface area contributed by atoms with Crippen LogP contribution in [0, 0.1) is 0 Å². The Labute approximate surface area is 182 Å². The van der Waals surface area contributed by atoms with Crippen molar-refractivity contribution in [3.05, 3.63) is 70.2 Å². The largest absolute Gasteiger partial charge is 0.465 e. The Morgan fingerprint density at radius 1 is 1.13 bits per heavy atom. The maximum Gasteiger partial charge on any atom is 0.407 e. The van der Waals surface area contributed by atoms with Gasteiger partial charge in [0.05, 0.1) is 12.7 Å². The van der Waals surface area contributed by atoms with Gasteiger partial charge in [-0.2, -0.15) is 0 Å². The van der Waals surface area contributed by atoms with Gasteiger partial charge >= 0.3 is 12.1 Å². The first-order valence-electron chi connectivity index (χ1n) is 10.1. The summed E-state index contributed by atoms with van der Waals surface area (Å²) in [6.45, 7) is 2.46. The summed E-state index contributed by atoms with van der Waals surface area (Å²) in [6, 6.07) is 15.6. The lowest BCUT2D eigenvalue weighted by Crippen LogP contribution is -2.46. The average Bonchev–Trinajstić information content (AvgIpc) is 2.77. The van der Waals surface area contributed by atoms with Crippen molar-refractivity contribution in [2.24, 2.45) is 0 Å². The molecule has 6 nitrogen and oxygen atoms in total. The second kappa shape index (κ2) is 10.5. The molecule has 0 atom stereocenters. The summed E-state index contributed by atoms with van der Waals surface area (Å²) in [6.07, 6.45) is 1.52. The highest BCUT2D eigenvalue weighted by Crippen LogP contribution is 2.22. The van der Waals surface area contributed by atoms with Crippen LogP contribution >= 0.6 is 11.6 Å². The Bertz CT molecular complexity index is 864. The normalized spacial score (nSPS) is 14.7. The van der Waals surface area contributed by atoms with Crippen molar-refractivity contribution in [2.75, 3.05) is 26.7 Å². The molecule has 0 spiro atoms. The third-order valence-corrected chi connectivity index (χ3v) is 5.90. The van der Waals surface area contributed by atoms with Crippen LogP contribution in [0.4, 0.5) is 4.79 Å². The zero-order chi connectivity index (χ0) is 21.5. The first kappa shape index (κ1) is 22.1. The van der Waals surface area contributed by atoms with E-state index >= 15 is 0 Å². The number of piperidine rings is 1. The van der Waals surface area contributed by atoms with E-state index in [4.69, 9.17) is 16.3 Å². The highest BCUT2D eigenvalue weighted by Gasteiger charge is 2.27. The van der Waals surface area contributed by atoms with Gasteiger partial charge in [0.25, 0.3) is 0 Å². The molecule has 3 rings (SSSR count). The summed E-state index contributed by atoms with van der Waals surface area (Å²) in [5, 5.41) is 9.96. The van der Waals surface area contributed by atoms with Crippen molar-refractivity contribution >= 4 is 23.7 Å². The van der Waals surface area contributed by atoms with E-state index in [1.165, 1.54) is 17.6 Å². The van der Waals surface area contributed by atoms with Gasteiger partial charge in [-0.15, -0.1) is 0 Å². The SMILES string of the molecule is COC(=O)c1ccccc1CN(CCc1ccc(Cl)cc1)C1CCN(C(=O)O)CC1. The van der Waals surface area contributed by atoms with Crippen LogP contribution < -0.4 is 0 Å². The molecule has 0 saturated carbocycles. The highest BCUT2D eigenvalue weighted by atomic mass is 35.5. The molecule has 1 fully saturated rings. The van der Waals surface area contributed by atoms with Crippen LogP contribution in [0.25, 0.3) is 0 Å². The first-order chi connectivity index (χ1) is 14.5. The molecule has 0 aromatic heterocycles. The molecular formula is C23H27ClN2O4. The number of carbonyl (C=O) groups is 2. The molecule has 1 saturated heterocycles. The minimum absolute atomic E-state index is 0.249. The fraction of sp³-hybridized carbons (Fsp3) is 0.391. The lowest BCUT2D eigenvalue weighted by Gasteiger charge is -2.38. The molecule has 1 aliphatic rings. The predicted molar refractivity (Wildman–Crippen MR) is 116 cm³/mol. The third-order valence-electron chi connectivity index (χ3n) is 5.65. The number of hydrogen-bond donors (Lipinski definition) is 1. The summed E-state index contributed by atoms with van der Waals surface area (Å²) in [5.41, 5.74) is 2.68.